The van der Waals surface area contributed by atoms with Crippen LogP contribution in [0.2, 0.25) is 10.0 Å². The van der Waals surface area contributed by atoms with Gasteiger partial charge in [-0.3, -0.25) is 9.59 Å². The van der Waals surface area contributed by atoms with Crippen LogP contribution >= 0.6 is 35.0 Å². The van der Waals surface area contributed by atoms with Crippen LogP contribution in [0, 0.1) is 0 Å². The van der Waals surface area contributed by atoms with E-state index < -0.39 is 5.91 Å². The molecule has 0 atom stereocenters. The van der Waals surface area contributed by atoms with E-state index in [4.69, 9.17) is 38.4 Å². The standard InChI is InChI=1S/C21H16Cl2N4O4S/c22-14-6-12(7-15(23)19(14)24)27-20(29)13-2-1-5-25-21(13)32-9-18(28)26-11-3-4-16-17(8-11)31-10-30-16/h1-8H,9-10,24H2,(H,26,28)(H,27,29). The Morgan fingerprint density at radius 1 is 1.03 bits per heavy atom. The molecule has 8 nitrogen and oxygen atoms in total. The quantitative estimate of drug-likeness (QED) is 0.339. The lowest BCUT2D eigenvalue weighted by atomic mass is 10.2. The van der Waals surface area contributed by atoms with Crippen molar-refractivity contribution < 1.29 is 19.1 Å². The number of benzene rings is 2. The summed E-state index contributed by atoms with van der Waals surface area (Å²) in [4.78, 5) is 29.4. The van der Waals surface area contributed by atoms with Crippen molar-refractivity contribution in [1.82, 2.24) is 4.98 Å². The van der Waals surface area contributed by atoms with Crippen LogP contribution in [0.15, 0.2) is 53.7 Å². The van der Waals surface area contributed by atoms with E-state index in [0.29, 0.717) is 33.5 Å². The minimum atomic E-state index is -0.423. The van der Waals surface area contributed by atoms with Gasteiger partial charge >= 0.3 is 0 Å². The molecule has 2 amide bonds. The van der Waals surface area contributed by atoms with Crippen LogP contribution in [-0.4, -0.2) is 29.3 Å². The third-order valence-corrected chi connectivity index (χ3v) is 5.98. The highest BCUT2D eigenvalue weighted by Gasteiger charge is 2.17. The maximum Gasteiger partial charge on any atom is 0.258 e. The highest BCUT2D eigenvalue weighted by molar-refractivity contribution is 8.00. The highest BCUT2D eigenvalue weighted by Crippen LogP contribution is 2.34. The summed E-state index contributed by atoms with van der Waals surface area (Å²) in [6.07, 6.45) is 1.55. The summed E-state index contributed by atoms with van der Waals surface area (Å²) >= 11 is 13.2. The van der Waals surface area contributed by atoms with E-state index in [2.05, 4.69) is 15.6 Å². The molecule has 1 aliphatic rings. The second-order valence-corrected chi connectivity index (χ2v) is 8.35. The lowest BCUT2D eigenvalue weighted by Gasteiger charge is -2.11. The number of anilines is 3. The SMILES string of the molecule is Nc1c(Cl)cc(NC(=O)c2cccnc2SCC(=O)Nc2ccc3c(c2)OCO3)cc1Cl. The Bertz CT molecular complexity index is 1190. The number of hydrogen-bond acceptors (Lipinski definition) is 7. The second-order valence-electron chi connectivity index (χ2n) is 6.57. The van der Waals surface area contributed by atoms with Gasteiger partial charge in [0.25, 0.3) is 5.91 Å². The molecule has 1 aromatic heterocycles. The van der Waals surface area contributed by atoms with Gasteiger partial charge in [0, 0.05) is 23.6 Å². The van der Waals surface area contributed by atoms with E-state index in [1.54, 1.807) is 36.5 Å². The van der Waals surface area contributed by atoms with Crippen molar-refractivity contribution >= 4 is 63.8 Å². The van der Waals surface area contributed by atoms with Crippen LogP contribution in [0.4, 0.5) is 17.1 Å². The number of hydrogen-bond donors (Lipinski definition) is 3. The van der Waals surface area contributed by atoms with Crippen LogP contribution in [0.25, 0.3) is 0 Å². The van der Waals surface area contributed by atoms with E-state index in [1.165, 1.54) is 12.1 Å². The molecule has 164 valence electrons. The van der Waals surface area contributed by atoms with Gasteiger partial charge in [-0.1, -0.05) is 35.0 Å². The molecule has 0 aliphatic carbocycles. The number of thioether (sulfide) groups is 1. The van der Waals surface area contributed by atoms with Crippen LogP contribution in [0.1, 0.15) is 10.4 Å². The number of nitrogens with one attached hydrogen (secondary N) is 2. The number of halogens is 2. The summed E-state index contributed by atoms with van der Waals surface area (Å²) in [5, 5.41) is 6.36. The normalized spacial score (nSPS) is 11.8. The summed E-state index contributed by atoms with van der Waals surface area (Å²) < 4.78 is 10.6. The van der Waals surface area contributed by atoms with Gasteiger partial charge in [-0.25, -0.2) is 4.98 Å². The zero-order valence-electron chi connectivity index (χ0n) is 16.4. The molecule has 3 aromatic rings. The van der Waals surface area contributed by atoms with Gasteiger partial charge in [-0.2, -0.15) is 0 Å². The monoisotopic (exact) mass is 490 g/mol. The first-order valence-corrected chi connectivity index (χ1v) is 11.0. The van der Waals surface area contributed by atoms with Gasteiger partial charge in [0.05, 0.1) is 27.0 Å². The van der Waals surface area contributed by atoms with Gasteiger partial charge in [0.1, 0.15) is 5.03 Å². The summed E-state index contributed by atoms with van der Waals surface area (Å²) in [6, 6.07) is 11.4. The van der Waals surface area contributed by atoms with Crippen molar-refractivity contribution in [3.63, 3.8) is 0 Å². The summed E-state index contributed by atoms with van der Waals surface area (Å²) in [5.41, 5.74) is 7.23. The molecular weight excluding hydrogens is 475 g/mol. The summed E-state index contributed by atoms with van der Waals surface area (Å²) in [6.45, 7) is 0.155. The molecular formula is C21H16Cl2N4O4S. The lowest BCUT2D eigenvalue weighted by Crippen LogP contribution is -2.16. The van der Waals surface area contributed by atoms with Crippen LogP contribution < -0.4 is 25.8 Å². The number of amides is 2. The van der Waals surface area contributed by atoms with E-state index in [1.807, 2.05) is 0 Å². The number of nitrogen functional groups attached to an aromatic ring is 1. The largest absolute Gasteiger partial charge is 0.454 e. The number of carbonyl (C=O) groups is 2. The number of aromatic nitrogens is 1. The number of nitrogens with zero attached hydrogens (tertiary/aromatic N) is 1. The topological polar surface area (TPSA) is 116 Å². The van der Waals surface area contributed by atoms with Gasteiger partial charge in [0.15, 0.2) is 11.5 Å². The summed E-state index contributed by atoms with van der Waals surface area (Å²) in [7, 11) is 0. The fraction of sp³-hybridized carbons (Fsp3) is 0.0952. The molecule has 0 fully saturated rings. The zero-order chi connectivity index (χ0) is 22.7. The second kappa shape index (κ2) is 9.56. The van der Waals surface area contributed by atoms with Crippen molar-refractivity contribution in [3.8, 4) is 11.5 Å². The first-order chi connectivity index (χ1) is 15.4. The van der Waals surface area contributed by atoms with Gasteiger partial charge in [0.2, 0.25) is 12.7 Å². The maximum absolute atomic E-state index is 12.8. The molecule has 0 unspecified atom stereocenters. The Balaban J connectivity index is 1.41. The van der Waals surface area contributed by atoms with Crippen molar-refractivity contribution in [2.24, 2.45) is 0 Å². The first-order valence-electron chi connectivity index (χ1n) is 9.24. The van der Waals surface area contributed by atoms with Crippen molar-refractivity contribution in [2.45, 2.75) is 5.03 Å². The molecule has 0 saturated carbocycles. The molecule has 1 aliphatic heterocycles. The Labute approximate surface area is 197 Å². The molecule has 0 radical (unpaired) electrons. The number of pyridine rings is 1. The van der Waals surface area contributed by atoms with E-state index in [0.717, 1.165) is 11.8 Å². The molecule has 4 N–H and O–H groups in total. The fourth-order valence-electron chi connectivity index (χ4n) is 2.84. The molecule has 2 aromatic carbocycles. The van der Waals surface area contributed by atoms with E-state index in [-0.39, 0.29) is 34.2 Å². The molecule has 2 heterocycles. The smallest absolute Gasteiger partial charge is 0.258 e. The number of carbonyl (C=O) groups excluding carboxylic acids is 2. The van der Waals surface area contributed by atoms with Crippen LogP contribution in [-0.2, 0) is 4.79 Å². The number of fused-ring (bicyclic) bond motifs is 1. The third-order valence-electron chi connectivity index (χ3n) is 4.35. The maximum atomic E-state index is 12.8. The van der Waals surface area contributed by atoms with Crippen LogP contribution in [0.5, 0.6) is 11.5 Å². The molecule has 32 heavy (non-hydrogen) atoms. The Hall–Kier alpha value is -3.14. The Kier molecular flexibility index (Phi) is 6.59. The van der Waals surface area contributed by atoms with Crippen LogP contribution in [0.3, 0.4) is 0 Å². The average Bonchev–Trinajstić information content (AvgIpc) is 3.24. The Morgan fingerprint density at radius 3 is 2.56 bits per heavy atom. The fourth-order valence-corrected chi connectivity index (χ4v) is 4.12. The minimum absolute atomic E-state index is 0.0469. The molecule has 4 rings (SSSR count). The molecule has 11 heteroatoms. The van der Waals surface area contributed by atoms with E-state index in [9.17, 15) is 9.59 Å². The minimum Gasteiger partial charge on any atom is -0.454 e. The van der Waals surface area contributed by atoms with Crippen molar-refractivity contribution in [3.05, 3.63) is 64.3 Å². The zero-order valence-corrected chi connectivity index (χ0v) is 18.7. The predicted molar refractivity (Wildman–Crippen MR) is 125 cm³/mol. The first kappa shape index (κ1) is 22.1. The lowest BCUT2D eigenvalue weighted by molar-refractivity contribution is -0.113. The number of nitrogens with two attached hydrogens (primary N) is 1. The van der Waals surface area contributed by atoms with Gasteiger partial charge in [-0.15, -0.1) is 0 Å². The summed E-state index contributed by atoms with van der Waals surface area (Å²) in [5.74, 6) is 0.564. The third kappa shape index (κ3) is 5.01. The van der Waals surface area contributed by atoms with E-state index >= 15 is 0 Å². The van der Waals surface area contributed by atoms with Crippen molar-refractivity contribution in [1.29, 1.82) is 0 Å². The Morgan fingerprint density at radius 2 is 1.78 bits per heavy atom. The van der Waals surface area contributed by atoms with Crippen molar-refractivity contribution in [2.75, 3.05) is 28.9 Å². The van der Waals surface area contributed by atoms with Gasteiger partial charge < -0.3 is 25.8 Å². The molecule has 0 saturated heterocycles. The number of rotatable bonds is 6. The van der Waals surface area contributed by atoms with Gasteiger partial charge in [-0.05, 0) is 36.4 Å². The molecule has 0 bridgehead atoms. The number of ether oxygens (including phenoxy) is 2. The highest BCUT2D eigenvalue weighted by atomic mass is 35.5. The predicted octanol–water partition coefficient (Wildman–Crippen LogP) is 4.68. The average molecular weight is 491 g/mol. The molecule has 0 spiro atoms.